The van der Waals surface area contributed by atoms with Crippen LogP contribution in [0.25, 0.3) is 0 Å². The average molecular weight is 443 g/mol. The maximum absolute atomic E-state index is 14.2. The Bertz CT molecular complexity index is 692. The van der Waals surface area contributed by atoms with Gasteiger partial charge in [0.15, 0.2) is 11.6 Å². The molecular weight excluding hydrogens is 395 g/mol. The minimum atomic E-state index is -0.206. The predicted molar refractivity (Wildman–Crippen MR) is 133 cm³/mol. The van der Waals surface area contributed by atoms with Crippen molar-refractivity contribution in [3.8, 4) is 5.75 Å². The van der Waals surface area contributed by atoms with E-state index < -0.39 is 0 Å². The largest absolute Gasteiger partial charge is 0.494 e. The van der Waals surface area contributed by atoms with Crippen LogP contribution in [0.15, 0.2) is 18.2 Å². The lowest BCUT2D eigenvalue weighted by Gasteiger charge is -2.45. The van der Waals surface area contributed by atoms with Crippen LogP contribution in [0.3, 0.4) is 0 Å². The molecule has 1 aromatic rings. The van der Waals surface area contributed by atoms with E-state index in [1.165, 1.54) is 102 Å². The highest BCUT2D eigenvalue weighted by Gasteiger charge is 2.38. The van der Waals surface area contributed by atoms with Crippen LogP contribution in [0.2, 0.25) is 0 Å². The first-order valence-corrected chi connectivity index (χ1v) is 14.0. The fourth-order valence-corrected chi connectivity index (χ4v) is 7.61. The van der Waals surface area contributed by atoms with Crippen LogP contribution in [-0.2, 0) is 0 Å². The molecule has 0 amide bonds. The van der Waals surface area contributed by atoms with Gasteiger partial charge in [0.2, 0.25) is 0 Å². The van der Waals surface area contributed by atoms with Gasteiger partial charge in [0.25, 0.3) is 0 Å². The second-order valence-corrected chi connectivity index (χ2v) is 11.5. The standard InChI is InChI=1S/C30H47FO/c1-3-4-5-6-7-8-22-9-10-27-20-26(16-15-25(27)19-22)23-11-13-24(14-12-23)28-17-18-30(32-2)29(31)21-28/h17-18,21-27H,3-16,19-20H2,1-2H3. The van der Waals surface area contributed by atoms with E-state index in [0.717, 1.165) is 29.6 Å². The van der Waals surface area contributed by atoms with Gasteiger partial charge >= 0.3 is 0 Å². The monoisotopic (exact) mass is 442 g/mol. The summed E-state index contributed by atoms with van der Waals surface area (Å²) in [7, 11) is 1.54. The molecule has 0 aliphatic heterocycles. The van der Waals surface area contributed by atoms with Crippen molar-refractivity contribution in [2.45, 2.75) is 116 Å². The number of benzene rings is 1. The maximum atomic E-state index is 14.2. The molecule has 3 saturated carbocycles. The van der Waals surface area contributed by atoms with Crippen LogP contribution >= 0.6 is 0 Å². The summed E-state index contributed by atoms with van der Waals surface area (Å²) in [4.78, 5) is 0. The van der Waals surface area contributed by atoms with Gasteiger partial charge in [-0.2, -0.15) is 0 Å². The van der Waals surface area contributed by atoms with E-state index >= 15 is 0 Å². The van der Waals surface area contributed by atoms with Crippen molar-refractivity contribution in [1.29, 1.82) is 0 Å². The average Bonchev–Trinajstić information content (AvgIpc) is 2.83. The number of unbranched alkanes of at least 4 members (excludes halogenated alkanes) is 4. The summed E-state index contributed by atoms with van der Waals surface area (Å²) in [5.74, 6) is 5.69. The third-order valence-corrected chi connectivity index (χ3v) is 9.56. The summed E-state index contributed by atoms with van der Waals surface area (Å²) in [6.07, 6.45) is 22.9. The van der Waals surface area contributed by atoms with Gasteiger partial charge in [-0.3, -0.25) is 0 Å². The van der Waals surface area contributed by atoms with E-state index in [9.17, 15) is 4.39 Å². The lowest BCUT2D eigenvalue weighted by molar-refractivity contribution is 0.0613. The number of methoxy groups -OCH3 is 1. The van der Waals surface area contributed by atoms with Gasteiger partial charge in [-0.05, 0) is 111 Å². The summed E-state index contributed by atoms with van der Waals surface area (Å²) in [6.45, 7) is 2.31. The third-order valence-electron chi connectivity index (χ3n) is 9.56. The second kappa shape index (κ2) is 11.9. The van der Waals surface area contributed by atoms with Crippen molar-refractivity contribution < 1.29 is 9.13 Å². The van der Waals surface area contributed by atoms with E-state index in [2.05, 4.69) is 13.0 Å². The minimum absolute atomic E-state index is 0.206. The zero-order valence-corrected chi connectivity index (χ0v) is 20.8. The van der Waals surface area contributed by atoms with Gasteiger partial charge in [-0.25, -0.2) is 4.39 Å². The molecule has 1 nitrogen and oxygen atoms in total. The Balaban J connectivity index is 1.19. The number of ether oxygens (including phenoxy) is 1. The van der Waals surface area contributed by atoms with Crippen molar-refractivity contribution in [1.82, 2.24) is 0 Å². The maximum Gasteiger partial charge on any atom is 0.165 e. The third kappa shape index (κ3) is 6.09. The highest BCUT2D eigenvalue weighted by Crippen LogP contribution is 2.50. The lowest BCUT2D eigenvalue weighted by atomic mass is 9.60. The van der Waals surface area contributed by atoms with E-state index in [1.54, 1.807) is 25.7 Å². The topological polar surface area (TPSA) is 9.23 Å². The second-order valence-electron chi connectivity index (χ2n) is 11.5. The van der Waals surface area contributed by atoms with Crippen molar-refractivity contribution in [3.63, 3.8) is 0 Å². The number of hydrogen-bond donors (Lipinski definition) is 0. The van der Waals surface area contributed by atoms with Crippen molar-refractivity contribution in [2.75, 3.05) is 7.11 Å². The number of hydrogen-bond acceptors (Lipinski definition) is 1. The fourth-order valence-electron chi connectivity index (χ4n) is 7.61. The zero-order chi connectivity index (χ0) is 22.3. The van der Waals surface area contributed by atoms with E-state index in [-0.39, 0.29) is 5.82 Å². The van der Waals surface area contributed by atoms with Crippen LogP contribution in [0, 0.1) is 35.4 Å². The molecule has 3 aliphatic carbocycles. The van der Waals surface area contributed by atoms with Crippen molar-refractivity contribution in [3.05, 3.63) is 29.6 Å². The Labute approximate surface area is 196 Å². The molecule has 4 atom stereocenters. The van der Waals surface area contributed by atoms with E-state index in [1.807, 2.05) is 0 Å². The molecule has 0 N–H and O–H groups in total. The first kappa shape index (κ1) is 24.1. The van der Waals surface area contributed by atoms with E-state index in [0.29, 0.717) is 11.7 Å². The highest BCUT2D eigenvalue weighted by molar-refractivity contribution is 5.31. The van der Waals surface area contributed by atoms with Crippen LogP contribution in [0.1, 0.15) is 121 Å². The molecule has 0 radical (unpaired) electrons. The van der Waals surface area contributed by atoms with Crippen LogP contribution < -0.4 is 4.74 Å². The number of rotatable bonds is 9. The highest BCUT2D eigenvalue weighted by atomic mass is 19.1. The van der Waals surface area contributed by atoms with Gasteiger partial charge in [0.1, 0.15) is 0 Å². The SMILES string of the molecule is CCCCCCCC1CCC2CC(C3CCC(c4ccc(OC)c(F)c4)CC3)CCC2C1. The molecule has 0 spiro atoms. The van der Waals surface area contributed by atoms with Crippen molar-refractivity contribution in [2.24, 2.45) is 29.6 Å². The van der Waals surface area contributed by atoms with Gasteiger partial charge < -0.3 is 4.74 Å². The summed E-state index contributed by atoms with van der Waals surface area (Å²) >= 11 is 0. The molecular formula is C30H47FO. The number of fused-ring (bicyclic) bond motifs is 1. The molecule has 180 valence electrons. The molecule has 0 heterocycles. The predicted octanol–water partition coefficient (Wildman–Crippen LogP) is 9.30. The molecule has 0 bridgehead atoms. The van der Waals surface area contributed by atoms with Crippen LogP contribution in [0.4, 0.5) is 4.39 Å². The Hall–Kier alpha value is -1.05. The normalized spacial score (nSPS) is 33.0. The molecule has 2 heteroatoms. The smallest absolute Gasteiger partial charge is 0.165 e. The first-order chi connectivity index (χ1) is 15.7. The Morgan fingerprint density at radius 3 is 2.16 bits per heavy atom. The summed E-state index contributed by atoms with van der Waals surface area (Å²) < 4.78 is 19.2. The molecule has 32 heavy (non-hydrogen) atoms. The molecule has 4 unspecified atom stereocenters. The van der Waals surface area contributed by atoms with Crippen LogP contribution in [-0.4, -0.2) is 7.11 Å². The lowest BCUT2D eigenvalue weighted by Crippen LogP contribution is -2.34. The Kier molecular flexibility index (Phi) is 8.95. The zero-order valence-electron chi connectivity index (χ0n) is 20.8. The molecule has 3 aliphatic rings. The van der Waals surface area contributed by atoms with Crippen molar-refractivity contribution >= 4 is 0 Å². The van der Waals surface area contributed by atoms with Gasteiger partial charge in [0.05, 0.1) is 7.11 Å². The Morgan fingerprint density at radius 1 is 0.781 bits per heavy atom. The number of halogens is 1. The molecule has 1 aromatic carbocycles. The first-order valence-electron chi connectivity index (χ1n) is 14.0. The quantitative estimate of drug-likeness (QED) is 0.346. The fraction of sp³-hybridized carbons (Fsp3) is 0.800. The molecule has 0 aromatic heterocycles. The molecule has 4 rings (SSSR count). The van der Waals surface area contributed by atoms with Crippen LogP contribution in [0.5, 0.6) is 5.75 Å². The molecule has 3 fully saturated rings. The summed E-state index contributed by atoms with van der Waals surface area (Å²) in [6, 6.07) is 5.61. The minimum Gasteiger partial charge on any atom is -0.494 e. The van der Waals surface area contributed by atoms with Gasteiger partial charge in [0, 0.05) is 0 Å². The van der Waals surface area contributed by atoms with Gasteiger partial charge in [-0.15, -0.1) is 0 Å². The Morgan fingerprint density at radius 2 is 1.44 bits per heavy atom. The van der Waals surface area contributed by atoms with E-state index in [4.69, 9.17) is 4.74 Å². The van der Waals surface area contributed by atoms with Gasteiger partial charge in [-0.1, -0.05) is 57.9 Å². The molecule has 0 saturated heterocycles. The summed E-state index contributed by atoms with van der Waals surface area (Å²) in [5, 5.41) is 0. The summed E-state index contributed by atoms with van der Waals surface area (Å²) in [5.41, 5.74) is 1.18.